The van der Waals surface area contributed by atoms with Crippen molar-refractivity contribution in [2.45, 2.75) is 20.4 Å². The summed E-state index contributed by atoms with van der Waals surface area (Å²) in [6.45, 7) is 4.13. The van der Waals surface area contributed by atoms with E-state index in [0.29, 0.717) is 25.9 Å². The largest absolute Gasteiger partial charge is 0.303 e. The maximum Gasteiger partial charge on any atom is 0.279 e. The molecule has 126 valence electrons. The van der Waals surface area contributed by atoms with Gasteiger partial charge in [-0.15, -0.1) is 6.42 Å². The number of amides is 1. The Labute approximate surface area is 159 Å². The minimum absolute atomic E-state index is 0.249. The number of benzene rings is 2. The fraction of sp³-hybridized carbons (Fsp3) is 0.158. The van der Waals surface area contributed by atoms with Gasteiger partial charge < -0.3 is 4.57 Å². The molecule has 1 heterocycles. The molecule has 0 saturated carbocycles. The van der Waals surface area contributed by atoms with E-state index < -0.39 is 0 Å². The lowest BCUT2D eigenvalue weighted by molar-refractivity contribution is 0.0997. The molecular weight excluding hydrogens is 375 g/mol. The van der Waals surface area contributed by atoms with E-state index in [2.05, 4.69) is 10.9 Å². The van der Waals surface area contributed by atoms with Crippen molar-refractivity contribution < 1.29 is 4.79 Å². The van der Waals surface area contributed by atoms with Crippen molar-refractivity contribution in [1.29, 1.82) is 0 Å². The second-order valence-corrected chi connectivity index (χ2v) is 7.41. The molecule has 0 unspecified atom stereocenters. The highest BCUT2D eigenvalue weighted by Crippen LogP contribution is 2.32. The molecule has 0 N–H and O–H groups in total. The molecule has 0 aliphatic rings. The summed E-state index contributed by atoms with van der Waals surface area (Å²) in [7, 11) is 0. The van der Waals surface area contributed by atoms with Crippen molar-refractivity contribution in [2.24, 2.45) is 4.99 Å². The van der Waals surface area contributed by atoms with Gasteiger partial charge in [0, 0.05) is 5.56 Å². The highest BCUT2D eigenvalue weighted by molar-refractivity contribution is 7.16. The molecule has 0 aliphatic carbocycles. The topological polar surface area (TPSA) is 34.4 Å². The molecule has 0 aliphatic heterocycles. The van der Waals surface area contributed by atoms with Crippen molar-refractivity contribution in [3.05, 3.63) is 61.9 Å². The van der Waals surface area contributed by atoms with Gasteiger partial charge in [-0.3, -0.25) is 4.79 Å². The molecular formula is C19H14Cl2N2OS. The number of hydrogen-bond acceptors (Lipinski definition) is 2. The maximum atomic E-state index is 12.6. The van der Waals surface area contributed by atoms with Gasteiger partial charge in [0.25, 0.3) is 5.91 Å². The molecule has 2 aromatic carbocycles. The average molecular weight is 389 g/mol. The van der Waals surface area contributed by atoms with Gasteiger partial charge in [-0.1, -0.05) is 58.2 Å². The molecule has 25 heavy (non-hydrogen) atoms. The SMILES string of the molecule is C#CCn1c(=NC(=O)c2ccc(C)cc2C)sc2ccc(Cl)c(Cl)c21. The van der Waals surface area contributed by atoms with E-state index in [0.717, 1.165) is 15.8 Å². The van der Waals surface area contributed by atoms with Crippen molar-refractivity contribution in [1.82, 2.24) is 4.57 Å². The molecule has 0 bridgehead atoms. The van der Waals surface area contributed by atoms with Gasteiger partial charge in [0.15, 0.2) is 4.80 Å². The van der Waals surface area contributed by atoms with Crippen LogP contribution in [0.1, 0.15) is 21.5 Å². The van der Waals surface area contributed by atoms with Crippen LogP contribution in [0.3, 0.4) is 0 Å². The number of terminal acetylenes is 1. The van der Waals surface area contributed by atoms with E-state index >= 15 is 0 Å². The Hall–Kier alpha value is -2.06. The number of fused-ring (bicyclic) bond motifs is 1. The van der Waals surface area contributed by atoms with Crippen LogP contribution in [0.2, 0.25) is 10.0 Å². The maximum absolute atomic E-state index is 12.6. The predicted octanol–water partition coefficient (Wildman–Crippen LogP) is 5.00. The number of carbonyl (C=O) groups is 1. The van der Waals surface area contributed by atoms with Crippen LogP contribution in [0.4, 0.5) is 0 Å². The van der Waals surface area contributed by atoms with Crippen LogP contribution in [0.25, 0.3) is 10.2 Å². The van der Waals surface area contributed by atoms with Crippen molar-refractivity contribution >= 4 is 50.7 Å². The number of rotatable bonds is 2. The highest BCUT2D eigenvalue weighted by atomic mass is 35.5. The van der Waals surface area contributed by atoms with Crippen LogP contribution in [0.15, 0.2) is 35.3 Å². The van der Waals surface area contributed by atoms with Gasteiger partial charge >= 0.3 is 0 Å². The lowest BCUT2D eigenvalue weighted by Crippen LogP contribution is -2.17. The summed E-state index contributed by atoms with van der Waals surface area (Å²) in [6.07, 6.45) is 5.48. The minimum atomic E-state index is -0.308. The number of aromatic nitrogens is 1. The summed E-state index contributed by atoms with van der Waals surface area (Å²) in [6, 6.07) is 9.21. The molecule has 0 spiro atoms. The van der Waals surface area contributed by atoms with Crippen LogP contribution < -0.4 is 4.80 Å². The summed E-state index contributed by atoms with van der Waals surface area (Å²) in [5.74, 6) is 2.27. The number of hydrogen-bond donors (Lipinski definition) is 0. The van der Waals surface area contributed by atoms with E-state index in [1.165, 1.54) is 11.3 Å². The molecule has 3 nitrogen and oxygen atoms in total. The second-order valence-electron chi connectivity index (χ2n) is 5.62. The Bertz CT molecular complexity index is 1100. The Morgan fingerprint density at radius 2 is 2.04 bits per heavy atom. The average Bonchev–Trinajstić information content (AvgIpc) is 2.89. The lowest BCUT2D eigenvalue weighted by Gasteiger charge is -2.04. The molecule has 1 amide bonds. The van der Waals surface area contributed by atoms with E-state index in [1.807, 2.05) is 32.0 Å². The third-order valence-electron chi connectivity index (χ3n) is 3.79. The zero-order valence-corrected chi connectivity index (χ0v) is 16.0. The first-order valence-corrected chi connectivity index (χ1v) is 9.06. The Balaban J connectivity index is 2.22. The van der Waals surface area contributed by atoms with Gasteiger partial charge in [0.1, 0.15) is 0 Å². The highest BCUT2D eigenvalue weighted by Gasteiger charge is 2.14. The first-order valence-electron chi connectivity index (χ1n) is 7.49. The van der Waals surface area contributed by atoms with Crippen LogP contribution in [0.5, 0.6) is 0 Å². The summed E-state index contributed by atoms with van der Waals surface area (Å²) in [4.78, 5) is 17.4. The molecule has 3 rings (SSSR count). The molecule has 0 fully saturated rings. The first kappa shape index (κ1) is 17.8. The van der Waals surface area contributed by atoms with Crippen molar-refractivity contribution in [3.63, 3.8) is 0 Å². The smallest absolute Gasteiger partial charge is 0.279 e. The number of thiazole rings is 1. The second kappa shape index (κ2) is 7.05. The standard InChI is InChI=1S/C19H14Cl2N2OS/c1-4-9-23-17-15(8-7-14(20)16(17)21)25-19(23)22-18(24)13-6-5-11(2)10-12(13)3/h1,5-8,10H,9H2,2-3H3. The van der Waals surface area contributed by atoms with Crippen molar-refractivity contribution in [2.75, 3.05) is 0 Å². The van der Waals surface area contributed by atoms with E-state index in [9.17, 15) is 4.79 Å². The third kappa shape index (κ3) is 3.36. The molecule has 1 aromatic heterocycles. The fourth-order valence-corrected chi connectivity index (χ4v) is 4.14. The van der Waals surface area contributed by atoms with Crippen molar-refractivity contribution in [3.8, 4) is 12.3 Å². The van der Waals surface area contributed by atoms with Gasteiger partial charge in [-0.2, -0.15) is 4.99 Å². The molecule has 0 saturated heterocycles. The van der Waals surface area contributed by atoms with Crippen LogP contribution >= 0.6 is 34.5 Å². The number of halogens is 2. The molecule has 3 aromatic rings. The summed E-state index contributed by atoms with van der Waals surface area (Å²) >= 11 is 13.8. The van der Waals surface area contributed by atoms with Crippen LogP contribution in [-0.4, -0.2) is 10.5 Å². The minimum Gasteiger partial charge on any atom is -0.303 e. The van der Waals surface area contributed by atoms with Crippen LogP contribution in [-0.2, 0) is 6.54 Å². The Morgan fingerprint density at radius 1 is 1.28 bits per heavy atom. The van der Waals surface area contributed by atoms with E-state index in [1.54, 1.807) is 16.7 Å². The monoisotopic (exact) mass is 388 g/mol. The van der Waals surface area contributed by atoms with Crippen LogP contribution in [0, 0.1) is 26.2 Å². The Morgan fingerprint density at radius 3 is 2.72 bits per heavy atom. The normalized spacial score (nSPS) is 11.7. The predicted molar refractivity (Wildman–Crippen MR) is 104 cm³/mol. The zero-order valence-electron chi connectivity index (χ0n) is 13.6. The van der Waals surface area contributed by atoms with Gasteiger partial charge in [0.05, 0.1) is 26.8 Å². The molecule has 0 radical (unpaired) electrons. The fourth-order valence-electron chi connectivity index (χ4n) is 2.63. The van der Waals surface area contributed by atoms with E-state index in [4.69, 9.17) is 29.6 Å². The first-order chi connectivity index (χ1) is 11.9. The quantitative estimate of drug-likeness (QED) is 0.568. The lowest BCUT2D eigenvalue weighted by atomic mass is 10.1. The summed E-state index contributed by atoms with van der Waals surface area (Å²) in [5, 5.41) is 0.844. The molecule has 0 atom stereocenters. The Kier molecular flexibility index (Phi) is 5.01. The third-order valence-corrected chi connectivity index (χ3v) is 5.63. The van der Waals surface area contributed by atoms with E-state index in [-0.39, 0.29) is 12.5 Å². The zero-order chi connectivity index (χ0) is 18.1. The number of nitrogens with zero attached hydrogens (tertiary/aromatic N) is 2. The van der Waals surface area contributed by atoms with Gasteiger partial charge in [0.2, 0.25) is 0 Å². The van der Waals surface area contributed by atoms with Gasteiger partial charge in [-0.05, 0) is 37.6 Å². The number of carbonyl (C=O) groups excluding carboxylic acids is 1. The van der Waals surface area contributed by atoms with Gasteiger partial charge in [-0.25, -0.2) is 0 Å². The summed E-state index contributed by atoms with van der Waals surface area (Å²) in [5.41, 5.74) is 3.25. The summed E-state index contributed by atoms with van der Waals surface area (Å²) < 4.78 is 2.62. The molecule has 6 heteroatoms. The number of aryl methyl sites for hydroxylation is 2.